The van der Waals surface area contributed by atoms with Gasteiger partial charge in [0.2, 0.25) is 5.13 Å². The number of hydrazone groups is 1. The van der Waals surface area contributed by atoms with Crippen molar-refractivity contribution in [3.05, 3.63) is 125 Å². The zero-order valence-corrected chi connectivity index (χ0v) is 21.2. The normalized spacial score (nSPS) is 11.0. The molecule has 0 atom stereocenters. The number of nitrogens with zero attached hydrogens (tertiary/aromatic N) is 2. The third kappa shape index (κ3) is 6.04. The van der Waals surface area contributed by atoms with Crippen LogP contribution in [0.3, 0.4) is 0 Å². The molecule has 0 fully saturated rings. The van der Waals surface area contributed by atoms with E-state index in [9.17, 15) is 0 Å². The van der Waals surface area contributed by atoms with Crippen LogP contribution in [0.4, 0.5) is 5.13 Å². The molecule has 4 nitrogen and oxygen atoms in total. The highest BCUT2D eigenvalue weighted by atomic mass is 79.9. The Morgan fingerprint density at radius 3 is 2.14 bits per heavy atom. The average molecular weight is 540 g/mol. The predicted molar refractivity (Wildman–Crippen MR) is 149 cm³/mol. The Balaban J connectivity index is 1.26. The lowest BCUT2D eigenvalue weighted by Gasteiger charge is -2.06. The first-order chi connectivity index (χ1) is 17.2. The second kappa shape index (κ2) is 11.1. The number of halogens is 1. The SMILES string of the molecule is Brc1ccc(COc2ccc(/C=N\Nc3nc(-c4ccccc4)c(-c4ccccc4)s3)cc2)cc1. The minimum atomic E-state index is 0.528. The van der Waals surface area contributed by atoms with Crippen molar-refractivity contribution in [2.45, 2.75) is 6.61 Å². The Morgan fingerprint density at radius 1 is 0.800 bits per heavy atom. The maximum Gasteiger partial charge on any atom is 0.204 e. The van der Waals surface area contributed by atoms with E-state index >= 15 is 0 Å². The van der Waals surface area contributed by atoms with Gasteiger partial charge in [0.05, 0.1) is 16.8 Å². The molecule has 5 aromatic rings. The van der Waals surface area contributed by atoms with Crippen LogP contribution >= 0.6 is 27.3 Å². The molecule has 1 N–H and O–H groups in total. The Labute approximate surface area is 217 Å². The number of nitrogens with one attached hydrogen (secondary N) is 1. The van der Waals surface area contributed by atoms with Crippen molar-refractivity contribution < 1.29 is 4.74 Å². The molecule has 0 saturated carbocycles. The van der Waals surface area contributed by atoms with Gasteiger partial charge in [0, 0.05) is 10.0 Å². The van der Waals surface area contributed by atoms with Crippen molar-refractivity contribution in [3.63, 3.8) is 0 Å². The lowest BCUT2D eigenvalue weighted by Crippen LogP contribution is -1.95. The summed E-state index contributed by atoms with van der Waals surface area (Å²) in [6.45, 7) is 0.528. The van der Waals surface area contributed by atoms with E-state index in [1.165, 1.54) is 0 Å². The van der Waals surface area contributed by atoms with Gasteiger partial charge in [0.25, 0.3) is 0 Å². The van der Waals surface area contributed by atoms with Crippen LogP contribution in [0.15, 0.2) is 119 Å². The Hall–Kier alpha value is -3.74. The summed E-state index contributed by atoms with van der Waals surface area (Å²) in [5, 5.41) is 5.16. The van der Waals surface area contributed by atoms with Crippen LogP contribution in [0.2, 0.25) is 0 Å². The number of thiazole rings is 1. The Kier molecular flexibility index (Phi) is 7.32. The van der Waals surface area contributed by atoms with Gasteiger partial charge in [0.1, 0.15) is 12.4 Å². The Morgan fingerprint density at radius 2 is 1.46 bits per heavy atom. The number of rotatable bonds is 8. The van der Waals surface area contributed by atoms with E-state index in [4.69, 9.17) is 9.72 Å². The summed E-state index contributed by atoms with van der Waals surface area (Å²) >= 11 is 5.04. The molecule has 0 spiro atoms. The summed E-state index contributed by atoms with van der Waals surface area (Å²) in [7, 11) is 0. The standard InChI is InChI=1S/C29H22BrN3OS/c30-25-15-11-22(12-16-25)20-34-26-17-13-21(14-18-26)19-31-33-29-32-27(23-7-3-1-4-8-23)28(35-29)24-9-5-2-6-10-24/h1-19H,20H2,(H,32,33)/b31-19-. The molecule has 0 aliphatic rings. The average Bonchev–Trinajstić information content (AvgIpc) is 3.34. The second-order valence-electron chi connectivity index (χ2n) is 7.78. The molecule has 4 aromatic carbocycles. The van der Waals surface area contributed by atoms with Crippen LogP contribution in [-0.4, -0.2) is 11.2 Å². The van der Waals surface area contributed by atoms with Gasteiger partial charge in [0.15, 0.2) is 0 Å². The van der Waals surface area contributed by atoms with E-state index in [0.717, 1.165) is 48.2 Å². The molecule has 35 heavy (non-hydrogen) atoms. The van der Waals surface area contributed by atoms with Crippen LogP contribution in [0, 0.1) is 0 Å². The summed E-state index contributed by atoms with van der Waals surface area (Å²) in [6.07, 6.45) is 1.78. The monoisotopic (exact) mass is 539 g/mol. The number of hydrogen-bond donors (Lipinski definition) is 1. The number of ether oxygens (including phenoxy) is 1. The summed E-state index contributed by atoms with van der Waals surface area (Å²) in [5.74, 6) is 0.818. The van der Waals surface area contributed by atoms with Crippen LogP contribution in [0.1, 0.15) is 11.1 Å². The first-order valence-electron chi connectivity index (χ1n) is 11.1. The van der Waals surface area contributed by atoms with Crippen LogP contribution in [-0.2, 0) is 6.61 Å². The van der Waals surface area contributed by atoms with Gasteiger partial charge in [-0.2, -0.15) is 5.10 Å². The summed E-state index contributed by atoms with van der Waals surface area (Å²) in [6, 6.07) is 36.5. The summed E-state index contributed by atoms with van der Waals surface area (Å²) < 4.78 is 6.94. The zero-order chi connectivity index (χ0) is 23.9. The molecule has 1 aromatic heterocycles. The third-order valence-corrected chi connectivity index (χ3v) is 6.82. The third-order valence-electron chi connectivity index (χ3n) is 5.28. The molecule has 0 unspecified atom stereocenters. The molecule has 1 heterocycles. The maximum atomic E-state index is 5.88. The highest BCUT2D eigenvalue weighted by Gasteiger charge is 2.14. The fraction of sp³-hybridized carbons (Fsp3) is 0.0345. The van der Waals surface area contributed by atoms with Crippen molar-refractivity contribution in [2.24, 2.45) is 5.10 Å². The maximum absolute atomic E-state index is 5.88. The van der Waals surface area contributed by atoms with Gasteiger partial charge in [-0.1, -0.05) is 100 Å². The molecular formula is C29H22BrN3OS. The number of aromatic nitrogens is 1. The topological polar surface area (TPSA) is 46.5 Å². The second-order valence-corrected chi connectivity index (χ2v) is 9.70. The molecule has 5 rings (SSSR count). The van der Waals surface area contributed by atoms with Gasteiger partial charge in [-0.25, -0.2) is 4.98 Å². The molecule has 0 radical (unpaired) electrons. The largest absolute Gasteiger partial charge is 0.489 e. The quantitative estimate of drug-likeness (QED) is 0.159. The van der Waals surface area contributed by atoms with Gasteiger partial charge in [-0.3, -0.25) is 5.43 Å². The summed E-state index contributed by atoms with van der Waals surface area (Å²) in [5.41, 5.74) is 8.36. The van der Waals surface area contributed by atoms with Crippen molar-refractivity contribution in [3.8, 4) is 27.4 Å². The van der Waals surface area contributed by atoms with E-state index in [1.807, 2.05) is 84.9 Å². The lowest BCUT2D eigenvalue weighted by molar-refractivity contribution is 0.306. The van der Waals surface area contributed by atoms with Gasteiger partial charge in [-0.05, 0) is 53.1 Å². The highest BCUT2D eigenvalue weighted by Crippen LogP contribution is 2.38. The Bertz CT molecular complexity index is 1340. The van der Waals surface area contributed by atoms with Gasteiger partial charge >= 0.3 is 0 Å². The molecule has 172 valence electrons. The molecule has 0 amide bonds. The predicted octanol–water partition coefficient (Wildman–Crippen LogP) is 8.26. The van der Waals surface area contributed by atoms with Crippen molar-refractivity contribution in [1.82, 2.24) is 4.98 Å². The van der Waals surface area contributed by atoms with E-state index < -0.39 is 0 Å². The van der Waals surface area contributed by atoms with Crippen molar-refractivity contribution >= 4 is 38.6 Å². The molecule has 6 heteroatoms. The van der Waals surface area contributed by atoms with E-state index in [1.54, 1.807) is 17.6 Å². The molecular weight excluding hydrogens is 518 g/mol. The highest BCUT2D eigenvalue weighted by molar-refractivity contribution is 9.10. The minimum absolute atomic E-state index is 0.528. The van der Waals surface area contributed by atoms with Crippen LogP contribution < -0.4 is 10.2 Å². The van der Waals surface area contributed by atoms with E-state index in [0.29, 0.717) is 6.61 Å². The number of anilines is 1. The first-order valence-corrected chi connectivity index (χ1v) is 12.7. The number of hydrogen-bond acceptors (Lipinski definition) is 5. The molecule has 0 bridgehead atoms. The number of benzene rings is 4. The minimum Gasteiger partial charge on any atom is -0.489 e. The molecule has 0 aliphatic carbocycles. The lowest BCUT2D eigenvalue weighted by atomic mass is 10.1. The van der Waals surface area contributed by atoms with Crippen molar-refractivity contribution in [2.75, 3.05) is 5.43 Å². The zero-order valence-electron chi connectivity index (χ0n) is 18.8. The van der Waals surface area contributed by atoms with Crippen LogP contribution in [0.5, 0.6) is 5.75 Å². The van der Waals surface area contributed by atoms with E-state index in [-0.39, 0.29) is 0 Å². The fourth-order valence-corrected chi connectivity index (χ4v) is 4.71. The fourth-order valence-electron chi connectivity index (χ4n) is 3.50. The summed E-state index contributed by atoms with van der Waals surface area (Å²) in [4.78, 5) is 5.94. The first kappa shape index (κ1) is 23.0. The van der Waals surface area contributed by atoms with Gasteiger partial charge < -0.3 is 4.74 Å². The van der Waals surface area contributed by atoms with E-state index in [2.05, 4.69) is 50.7 Å². The van der Waals surface area contributed by atoms with Crippen molar-refractivity contribution in [1.29, 1.82) is 0 Å². The van der Waals surface area contributed by atoms with Gasteiger partial charge in [-0.15, -0.1) is 0 Å². The van der Waals surface area contributed by atoms with Crippen LogP contribution in [0.25, 0.3) is 21.7 Å². The molecule has 0 aliphatic heterocycles. The smallest absolute Gasteiger partial charge is 0.204 e. The molecule has 0 saturated heterocycles.